The van der Waals surface area contributed by atoms with Gasteiger partial charge in [0.1, 0.15) is 0 Å². The van der Waals surface area contributed by atoms with E-state index in [2.05, 4.69) is 22.3 Å². The molecule has 0 bridgehead atoms. The highest BCUT2D eigenvalue weighted by Gasteiger charge is 2.25. The molecule has 7 heteroatoms. The number of carbonyl (C=O) groups is 1. The van der Waals surface area contributed by atoms with Crippen LogP contribution in [0.25, 0.3) is 0 Å². The van der Waals surface area contributed by atoms with Crippen LogP contribution in [0.2, 0.25) is 0 Å². The van der Waals surface area contributed by atoms with Gasteiger partial charge in [0.25, 0.3) is 5.91 Å². The SMILES string of the molecule is CN(C)Cc1ccc(CNC(=O)c2ccc(S(=O)(=O)N3CCCCC3)cc2)cc1. The summed E-state index contributed by atoms with van der Waals surface area (Å²) in [5.74, 6) is -0.218. The van der Waals surface area contributed by atoms with Gasteiger partial charge in [-0.2, -0.15) is 4.31 Å². The van der Waals surface area contributed by atoms with E-state index >= 15 is 0 Å². The standard InChI is InChI=1S/C22H29N3O3S/c1-24(2)17-19-8-6-18(7-9-19)16-23-22(26)20-10-12-21(13-11-20)29(27,28)25-14-4-3-5-15-25/h6-13H,3-5,14-17H2,1-2H3,(H,23,26). The minimum Gasteiger partial charge on any atom is -0.348 e. The van der Waals surface area contributed by atoms with E-state index in [-0.39, 0.29) is 10.8 Å². The van der Waals surface area contributed by atoms with Gasteiger partial charge in [0.2, 0.25) is 10.0 Å². The summed E-state index contributed by atoms with van der Waals surface area (Å²) in [6.07, 6.45) is 2.87. The zero-order valence-electron chi connectivity index (χ0n) is 17.1. The van der Waals surface area contributed by atoms with E-state index in [1.807, 2.05) is 26.2 Å². The Morgan fingerprint density at radius 2 is 1.52 bits per heavy atom. The number of amides is 1. The molecule has 29 heavy (non-hydrogen) atoms. The van der Waals surface area contributed by atoms with Gasteiger partial charge in [-0.15, -0.1) is 0 Å². The van der Waals surface area contributed by atoms with Crippen LogP contribution in [0.15, 0.2) is 53.4 Å². The van der Waals surface area contributed by atoms with Crippen LogP contribution in [0.1, 0.15) is 40.7 Å². The molecule has 1 saturated heterocycles. The highest BCUT2D eigenvalue weighted by Crippen LogP contribution is 2.21. The predicted octanol–water partition coefficient (Wildman–Crippen LogP) is 2.85. The van der Waals surface area contributed by atoms with Crippen LogP contribution in [0.5, 0.6) is 0 Å². The quantitative estimate of drug-likeness (QED) is 0.755. The number of nitrogens with zero attached hydrogens (tertiary/aromatic N) is 2. The molecule has 6 nitrogen and oxygen atoms in total. The number of nitrogens with one attached hydrogen (secondary N) is 1. The second-order valence-corrected chi connectivity index (χ2v) is 9.66. The fourth-order valence-corrected chi connectivity index (χ4v) is 4.96. The van der Waals surface area contributed by atoms with Crippen molar-refractivity contribution >= 4 is 15.9 Å². The zero-order chi connectivity index (χ0) is 20.9. The van der Waals surface area contributed by atoms with E-state index in [9.17, 15) is 13.2 Å². The van der Waals surface area contributed by atoms with Crippen molar-refractivity contribution in [2.24, 2.45) is 0 Å². The van der Waals surface area contributed by atoms with Gasteiger partial charge in [-0.25, -0.2) is 8.42 Å². The minimum atomic E-state index is -3.47. The van der Waals surface area contributed by atoms with Gasteiger partial charge in [0.15, 0.2) is 0 Å². The molecule has 0 aliphatic carbocycles. The first kappa shape index (κ1) is 21.5. The van der Waals surface area contributed by atoms with Crippen LogP contribution < -0.4 is 5.32 Å². The first-order valence-corrected chi connectivity index (χ1v) is 11.4. The van der Waals surface area contributed by atoms with Gasteiger partial charge in [-0.05, 0) is 62.3 Å². The summed E-state index contributed by atoms with van der Waals surface area (Å²) in [5.41, 5.74) is 2.69. The van der Waals surface area contributed by atoms with Gasteiger partial charge in [0.05, 0.1) is 4.90 Å². The van der Waals surface area contributed by atoms with Crippen LogP contribution in [-0.2, 0) is 23.1 Å². The summed E-state index contributed by atoms with van der Waals surface area (Å²) in [6.45, 7) is 2.43. The average molecular weight is 416 g/mol. The van der Waals surface area contributed by atoms with Gasteiger partial charge in [-0.1, -0.05) is 30.7 Å². The van der Waals surface area contributed by atoms with E-state index in [1.54, 1.807) is 12.1 Å². The number of piperidine rings is 1. The number of hydrogen-bond donors (Lipinski definition) is 1. The molecule has 0 spiro atoms. The number of benzene rings is 2. The zero-order valence-corrected chi connectivity index (χ0v) is 17.9. The first-order valence-electron chi connectivity index (χ1n) is 9.97. The Morgan fingerprint density at radius 1 is 0.931 bits per heavy atom. The van der Waals surface area contributed by atoms with Crippen molar-refractivity contribution in [3.63, 3.8) is 0 Å². The number of carbonyl (C=O) groups excluding carboxylic acids is 1. The van der Waals surface area contributed by atoms with E-state index in [0.29, 0.717) is 25.2 Å². The second kappa shape index (κ2) is 9.52. The number of sulfonamides is 1. The van der Waals surface area contributed by atoms with Gasteiger partial charge in [0, 0.05) is 31.7 Å². The van der Waals surface area contributed by atoms with Crippen LogP contribution >= 0.6 is 0 Å². The molecule has 0 saturated carbocycles. The van der Waals surface area contributed by atoms with Crippen LogP contribution in [0.3, 0.4) is 0 Å². The van der Waals surface area contributed by atoms with Gasteiger partial charge in [-0.3, -0.25) is 4.79 Å². The summed E-state index contributed by atoms with van der Waals surface area (Å²) < 4.78 is 26.9. The van der Waals surface area contributed by atoms with Crippen LogP contribution in [0, 0.1) is 0 Å². The fraction of sp³-hybridized carbons (Fsp3) is 0.409. The molecule has 1 N–H and O–H groups in total. The maximum atomic E-state index is 12.7. The molecule has 0 aromatic heterocycles. The topological polar surface area (TPSA) is 69.7 Å². The third-order valence-corrected chi connectivity index (χ3v) is 6.96. The fourth-order valence-electron chi connectivity index (χ4n) is 3.44. The molecule has 0 unspecified atom stereocenters. The number of hydrogen-bond acceptors (Lipinski definition) is 4. The summed E-state index contributed by atoms with van der Waals surface area (Å²) in [6, 6.07) is 14.3. The Morgan fingerprint density at radius 3 is 2.10 bits per heavy atom. The van der Waals surface area contributed by atoms with E-state index in [0.717, 1.165) is 31.4 Å². The Hall–Kier alpha value is -2.22. The lowest BCUT2D eigenvalue weighted by Crippen LogP contribution is -2.35. The molecule has 156 valence electrons. The van der Waals surface area contributed by atoms with Crippen molar-refractivity contribution in [2.45, 2.75) is 37.2 Å². The summed E-state index contributed by atoms with van der Waals surface area (Å²) >= 11 is 0. The van der Waals surface area contributed by atoms with E-state index < -0.39 is 10.0 Å². The Bertz CT molecular complexity index is 917. The Balaban J connectivity index is 1.59. The minimum absolute atomic E-state index is 0.218. The highest BCUT2D eigenvalue weighted by molar-refractivity contribution is 7.89. The predicted molar refractivity (Wildman–Crippen MR) is 114 cm³/mol. The summed E-state index contributed by atoms with van der Waals surface area (Å²) in [7, 11) is 0.576. The molecule has 1 aliphatic rings. The van der Waals surface area contributed by atoms with Crippen molar-refractivity contribution < 1.29 is 13.2 Å². The van der Waals surface area contributed by atoms with Gasteiger partial charge < -0.3 is 10.2 Å². The van der Waals surface area contributed by atoms with E-state index in [4.69, 9.17) is 0 Å². The Labute approximate surface area is 173 Å². The molecular formula is C22H29N3O3S. The molecule has 1 fully saturated rings. The maximum Gasteiger partial charge on any atom is 0.251 e. The van der Waals surface area contributed by atoms with E-state index in [1.165, 1.54) is 22.0 Å². The second-order valence-electron chi connectivity index (χ2n) is 7.73. The lowest BCUT2D eigenvalue weighted by atomic mass is 10.1. The lowest BCUT2D eigenvalue weighted by molar-refractivity contribution is 0.0951. The average Bonchev–Trinajstić information content (AvgIpc) is 2.73. The molecule has 2 aromatic rings. The van der Waals surface area contributed by atoms with Crippen LogP contribution in [-0.4, -0.2) is 50.7 Å². The molecule has 0 atom stereocenters. The summed E-state index contributed by atoms with van der Waals surface area (Å²) in [5, 5.41) is 2.89. The molecule has 3 rings (SSSR count). The highest BCUT2D eigenvalue weighted by atomic mass is 32.2. The lowest BCUT2D eigenvalue weighted by Gasteiger charge is -2.25. The molecule has 1 amide bonds. The third kappa shape index (κ3) is 5.65. The van der Waals surface area contributed by atoms with Gasteiger partial charge >= 0.3 is 0 Å². The summed E-state index contributed by atoms with van der Waals surface area (Å²) in [4.78, 5) is 14.8. The van der Waals surface area contributed by atoms with Crippen molar-refractivity contribution in [2.75, 3.05) is 27.2 Å². The largest absolute Gasteiger partial charge is 0.348 e. The van der Waals surface area contributed by atoms with Crippen molar-refractivity contribution in [3.05, 3.63) is 65.2 Å². The Kier molecular flexibility index (Phi) is 7.05. The molecule has 0 radical (unpaired) electrons. The van der Waals surface area contributed by atoms with Crippen molar-refractivity contribution in [3.8, 4) is 0 Å². The third-order valence-electron chi connectivity index (χ3n) is 5.04. The van der Waals surface area contributed by atoms with Crippen LogP contribution in [0.4, 0.5) is 0 Å². The molecule has 2 aromatic carbocycles. The molecular weight excluding hydrogens is 386 g/mol. The monoisotopic (exact) mass is 415 g/mol. The van der Waals surface area contributed by atoms with Crippen molar-refractivity contribution in [1.82, 2.24) is 14.5 Å². The first-order chi connectivity index (χ1) is 13.9. The normalized spacial score (nSPS) is 15.4. The maximum absolute atomic E-state index is 12.7. The smallest absolute Gasteiger partial charge is 0.251 e. The molecule has 1 aliphatic heterocycles. The molecule has 1 heterocycles. The van der Waals surface area contributed by atoms with Crippen molar-refractivity contribution in [1.29, 1.82) is 0 Å². The number of rotatable bonds is 7.